The smallest absolute Gasteiger partial charge is 0.228 e. The van der Waals surface area contributed by atoms with Crippen LogP contribution in [0.5, 0.6) is 0 Å². The van der Waals surface area contributed by atoms with Gasteiger partial charge in [-0.05, 0) is 49.8 Å². The van der Waals surface area contributed by atoms with Crippen LogP contribution in [0.3, 0.4) is 0 Å². The summed E-state index contributed by atoms with van der Waals surface area (Å²) in [5.74, 6) is -0.327. The van der Waals surface area contributed by atoms with Crippen molar-refractivity contribution in [2.45, 2.75) is 36.5 Å². The first-order valence-corrected chi connectivity index (χ1v) is 15.8. The van der Waals surface area contributed by atoms with Gasteiger partial charge < -0.3 is 4.90 Å². The standard InChI is InChI=1S/C24H31N3O5S3/c1-4-26(5-2)15-16-27(23(28)12-9-17-35(31,32)19-10-7-6-8-11-19)24-25-21-14-13-20(34(3,29)30)18-22(21)33-24/h6-8,10-11,13-14,18H,4-5,9,12,15-17H2,1-3H3. The number of carbonyl (C=O) groups excluding carboxylic acids is 1. The summed E-state index contributed by atoms with van der Waals surface area (Å²) in [7, 11) is -6.83. The predicted molar refractivity (Wildman–Crippen MR) is 141 cm³/mol. The molecule has 0 N–H and O–H groups in total. The van der Waals surface area contributed by atoms with E-state index in [1.807, 2.05) is 0 Å². The molecule has 0 aliphatic carbocycles. The van der Waals surface area contributed by atoms with Crippen molar-refractivity contribution in [1.29, 1.82) is 0 Å². The number of nitrogens with zero attached hydrogens (tertiary/aromatic N) is 3. The summed E-state index contributed by atoms with van der Waals surface area (Å²) in [5.41, 5.74) is 0.615. The first-order valence-electron chi connectivity index (χ1n) is 11.5. The number of hydrogen-bond donors (Lipinski definition) is 0. The highest BCUT2D eigenvalue weighted by Crippen LogP contribution is 2.31. The van der Waals surface area contributed by atoms with E-state index in [4.69, 9.17) is 0 Å². The summed E-state index contributed by atoms with van der Waals surface area (Å²) in [4.78, 5) is 22.1. The summed E-state index contributed by atoms with van der Waals surface area (Å²) < 4.78 is 49.7. The lowest BCUT2D eigenvalue weighted by Gasteiger charge is -2.24. The Kier molecular flexibility index (Phi) is 9.03. The Morgan fingerprint density at radius 3 is 2.26 bits per heavy atom. The van der Waals surface area contributed by atoms with Gasteiger partial charge in [0.15, 0.2) is 24.8 Å². The van der Waals surface area contributed by atoms with Crippen molar-refractivity contribution in [3.05, 3.63) is 48.5 Å². The molecule has 35 heavy (non-hydrogen) atoms. The molecule has 0 aliphatic rings. The number of sulfone groups is 2. The van der Waals surface area contributed by atoms with Crippen molar-refractivity contribution in [2.75, 3.05) is 43.1 Å². The van der Waals surface area contributed by atoms with Crippen molar-refractivity contribution in [1.82, 2.24) is 9.88 Å². The predicted octanol–water partition coefficient (Wildman–Crippen LogP) is 3.63. The lowest BCUT2D eigenvalue weighted by atomic mass is 10.3. The monoisotopic (exact) mass is 537 g/mol. The number of aromatic nitrogens is 1. The Labute approximate surface area is 211 Å². The van der Waals surface area contributed by atoms with Gasteiger partial charge in [-0.25, -0.2) is 21.8 Å². The second kappa shape index (κ2) is 11.6. The number of rotatable bonds is 12. The molecule has 1 heterocycles. The van der Waals surface area contributed by atoms with Crippen molar-refractivity contribution < 1.29 is 21.6 Å². The van der Waals surface area contributed by atoms with Crippen LogP contribution in [0.15, 0.2) is 58.3 Å². The molecule has 0 spiro atoms. The number of thiazole rings is 1. The first-order chi connectivity index (χ1) is 16.5. The minimum absolute atomic E-state index is 0.0643. The summed E-state index contributed by atoms with van der Waals surface area (Å²) in [6.45, 7) is 6.83. The molecule has 0 radical (unpaired) electrons. The van der Waals surface area contributed by atoms with Gasteiger partial charge >= 0.3 is 0 Å². The van der Waals surface area contributed by atoms with E-state index < -0.39 is 19.7 Å². The molecule has 3 aromatic rings. The van der Waals surface area contributed by atoms with Crippen LogP contribution in [0.4, 0.5) is 5.13 Å². The zero-order valence-electron chi connectivity index (χ0n) is 20.2. The molecule has 0 unspecified atom stereocenters. The van der Waals surface area contributed by atoms with E-state index in [2.05, 4.69) is 23.7 Å². The van der Waals surface area contributed by atoms with Crippen molar-refractivity contribution in [3.8, 4) is 0 Å². The third kappa shape index (κ3) is 7.09. The van der Waals surface area contributed by atoms with Crippen LogP contribution >= 0.6 is 11.3 Å². The Balaban J connectivity index is 1.80. The van der Waals surface area contributed by atoms with Crippen LogP contribution in [0.1, 0.15) is 26.7 Å². The molecule has 0 saturated carbocycles. The Hall–Kier alpha value is -2.34. The van der Waals surface area contributed by atoms with E-state index in [1.165, 1.54) is 17.4 Å². The van der Waals surface area contributed by atoms with E-state index in [-0.39, 0.29) is 34.3 Å². The maximum Gasteiger partial charge on any atom is 0.228 e. The van der Waals surface area contributed by atoms with Crippen LogP contribution in [-0.2, 0) is 24.5 Å². The third-order valence-electron chi connectivity index (χ3n) is 5.75. The molecule has 0 saturated heterocycles. The highest BCUT2D eigenvalue weighted by molar-refractivity contribution is 7.91. The summed E-state index contributed by atoms with van der Waals surface area (Å²) in [5, 5.41) is 0.480. The highest BCUT2D eigenvalue weighted by Gasteiger charge is 2.22. The third-order valence-corrected chi connectivity index (χ3v) is 9.72. The second-order valence-corrected chi connectivity index (χ2v) is 13.3. The molecule has 0 atom stereocenters. The Bertz CT molecular complexity index is 1370. The first kappa shape index (κ1) is 27.3. The van der Waals surface area contributed by atoms with E-state index in [9.17, 15) is 21.6 Å². The normalized spacial score (nSPS) is 12.3. The van der Waals surface area contributed by atoms with Crippen LogP contribution < -0.4 is 4.90 Å². The van der Waals surface area contributed by atoms with Crippen molar-refractivity contribution in [3.63, 3.8) is 0 Å². The fourth-order valence-corrected chi connectivity index (χ4v) is 6.74. The minimum Gasteiger partial charge on any atom is -0.302 e. The Morgan fingerprint density at radius 2 is 1.63 bits per heavy atom. The van der Waals surface area contributed by atoms with Gasteiger partial charge in [-0.15, -0.1) is 0 Å². The van der Waals surface area contributed by atoms with Gasteiger partial charge in [-0.2, -0.15) is 0 Å². The van der Waals surface area contributed by atoms with E-state index >= 15 is 0 Å². The van der Waals surface area contributed by atoms with Crippen LogP contribution in [0.2, 0.25) is 0 Å². The van der Waals surface area contributed by atoms with Crippen molar-refractivity contribution in [2.24, 2.45) is 0 Å². The number of carbonyl (C=O) groups is 1. The van der Waals surface area contributed by atoms with Gasteiger partial charge in [-0.1, -0.05) is 43.4 Å². The van der Waals surface area contributed by atoms with Gasteiger partial charge in [0.05, 0.1) is 25.8 Å². The molecule has 8 nitrogen and oxygen atoms in total. The fraction of sp³-hybridized carbons (Fsp3) is 0.417. The van der Waals surface area contributed by atoms with E-state index in [0.717, 1.165) is 19.3 Å². The number of hydrogen-bond acceptors (Lipinski definition) is 8. The molecule has 1 amide bonds. The molecular formula is C24H31N3O5S3. The van der Waals surface area contributed by atoms with E-state index in [1.54, 1.807) is 47.4 Å². The molecule has 11 heteroatoms. The lowest BCUT2D eigenvalue weighted by Crippen LogP contribution is -2.38. The van der Waals surface area contributed by atoms with Gasteiger partial charge in [-0.3, -0.25) is 9.69 Å². The largest absolute Gasteiger partial charge is 0.302 e. The maximum absolute atomic E-state index is 13.2. The summed E-state index contributed by atoms with van der Waals surface area (Å²) >= 11 is 1.26. The fourth-order valence-electron chi connectivity index (χ4n) is 3.64. The second-order valence-electron chi connectivity index (χ2n) is 8.21. The van der Waals surface area contributed by atoms with Crippen LogP contribution in [0, 0.1) is 0 Å². The number of anilines is 1. The quantitative estimate of drug-likeness (QED) is 0.347. The molecule has 2 aromatic carbocycles. The average Bonchev–Trinajstić information content (AvgIpc) is 3.24. The Morgan fingerprint density at radius 1 is 0.943 bits per heavy atom. The van der Waals surface area contributed by atoms with E-state index in [0.29, 0.717) is 28.4 Å². The molecule has 0 aliphatic heterocycles. The number of amides is 1. The molecule has 0 fully saturated rings. The number of fused-ring (bicyclic) bond motifs is 1. The van der Waals surface area contributed by atoms with Gasteiger partial charge in [0.1, 0.15) is 0 Å². The molecule has 0 bridgehead atoms. The lowest BCUT2D eigenvalue weighted by molar-refractivity contribution is -0.118. The SMILES string of the molecule is CCN(CC)CCN(C(=O)CCCS(=O)(=O)c1ccccc1)c1nc2ccc(S(C)(=O)=O)cc2s1. The zero-order chi connectivity index (χ0) is 25.6. The van der Waals surface area contributed by atoms with Crippen molar-refractivity contribution >= 4 is 52.3 Å². The molecule has 1 aromatic heterocycles. The number of benzene rings is 2. The van der Waals surface area contributed by atoms with Gasteiger partial charge in [0, 0.05) is 25.8 Å². The highest BCUT2D eigenvalue weighted by atomic mass is 32.2. The van der Waals surface area contributed by atoms with Gasteiger partial charge in [0.25, 0.3) is 0 Å². The molecule has 3 rings (SSSR count). The zero-order valence-corrected chi connectivity index (χ0v) is 22.6. The molecular weight excluding hydrogens is 506 g/mol. The minimum atomic E-state index is -3.47. The maximum atomic E-state index is 13.2. The number of likely N-dealkylation sites (N-methyl/N-ethyl adjacent to an activating group) is 1. The average molecular weight is 538 g/mol. The summed E-state index contributed by atoms with van der Waals surface area (Å²) in [6, 6.07) is 12.9. The summed E-state index contributed by atoms with van der Waals surface area (Å²) in [6.07, 6.45) is 1.41. The molecule has 190 valence electrons. The van der Waals surface area contributed by atoms with Gasteiger partial charge in [0.2, 0.25) is 5.91 Å². The van der Waals surface area contributed by atoms with Crippen LogP contribution in [0.25, 0.3) is 10.2 Å². The van der Waals surface area contributed by atoms with Crippen LogP contribution in [-0.4, -0.2) is 70.8 Å². The topological polar surface area (TPSA) is 105 Å².